The third-order valence-corrected chi connectivity index (χ3v) is 11.7. The van der Waals surface area contributed by atoms with Crippen molar-refractivity contribution in [2.24, 2.45) is 0 Å². The standard InChI is InChI=1S/C49H58N3O2/c1-35-21-25-43-41(31-35)48(3,4)45(50(43)27-15-29-53-7)33-37-23-24-38(47(37)52(39-17-11-9-12-18-39)40-19-13-10-14-20-40)34-46-49(5,6)42-32-36(2)22-26-44(42)51(46)28-16-30-54-8/h9-14,17-22,25-26,31-34H,15-16,23-24,27-30H2,1-8H3/q+1. The van der Waals surface area contributed by atoms with E-state index in [0.29, 0.717) is 0 Å². The summed E-state index contributed by atoms with van der Waals surface area (Å²) in [5.74, 6) is 0. The molecule has 0 fully saturated rings. The Morgan fingerprint density at radius 3 is 1.96 bits per heavy atom. The Bertz CT molecular complexity index is 2080. The summed E-state index contributed by atoms with van der Waals surface area (Å²) in [6.07, 6.45) is 8.94. The van der Waals surface area contributed by atoms with Crippen LogP contribution in [-0.2, 0) is 20.3 Å². The number of rotatable bonds is 13. The van der Waals surface area contributed by atoms with Crippen molar-refractivity contribution in [3.8, 4) is 0 Å². The molecule has 0 aromatic heterocycles. The maximum atomic E-state index is 5.56. The summed E-state index contributed by atoms with van der Waals surface area (Å²) >= 11 is 0. The van der Waals surface area contributed by atoms with Crippen LogP contribution >= 0.6 is 0 Å². The molecule has 0 spiro atoms. The molecule has 280 valence electrons. The zero-order chi connectivity index (χ0) is 38.0. The molecular weight excluding hydrogens is 663 g/mol. The number of methoxy groups -OCH3 is 2. The summed E-state index contributed by atoms with van der Waals surface area (Å²) in [7, 11) is 3.60. The molecule has 0 saturated carbocycles. The molecular formula is C49H58N3O2+. The van der Waals surface area contributed by atoms with Gasteiger partial charge in [-0.3, -0.25) is 0 Å². The van der Waals surface area contributed by atoms with E-state index >= 15 is 0 Å². The number of aryl methyl sites for hydroxylation is 2. The Labute approximate surface area is 323 Å². The van der Waals surface area contributed by atoms with Crippen LogP contribution in [0.3, 0.4) is 0 Å². The zero-order valence-electron chi connectivity index (χ0n) is 33.7. The zero-order valence-corrected chi connectivity index (χ0v) is 33.7. The third-order valence-electron chi connectivity index (χ3n) is 11.7. The molecule has 0 unspecified atom stereocenters. The van der Waals surface area contributed by atoms with E-state index in [1.165, 1.54) is 61.9 Å². The number of para-hydroxylation sites is 2. The highest BCUT2D eigenvalue weighted by Gasteiger charge is 2.46. The lowest BCUT2D eigenvalue weighted by atomic mass is 9.80. The van der Waals surface area contributed by atoms with Crippen molar-refractivity contribution in [3.05, 3.63) is 154 Å². The van der Waals surface area contributed by atoms with E-state index in [1.54, 1.807) is 14.2 Å². The van der Waals surface area contributed by atoms with Crippen LogP contribution in [0.2, 0.25) is 0 Å². The molecule has 2 heterocycles. The van der Waals surface area contributed by atoms with Gasteiger partial charge in [-0.1, -0.05) is 79.6 Å². The van der Waals surface area contributed by atoms with Crippen LogP contribution in [0.5, 0.6) is 0 Å². The van der Waals surface area contributed by atoms with Crippen LogP contribution in [0.25, 0.3) is 0 Å². The van der Waals surface area contributed by atoms with Crippen molar-refractivity contribution >= 4 is 28.5 Å². The summed E-state index contributed by atoms with van der Waals surface area (Å²) in [5.41, 5.74) is 16.7. The average Bonchev–Trinajstić information content (AvgIpc) is 3.71. The lowest BCUT2D eigenvalue weighted by Gasteiger charge is -2.30. The van der Waals surface area contributed by atoms with Gasteiger partial charge in [0.2, 0.25) is 5.69 Å². The molecule has 5 nitrogen and oxygen atoms in total. The first-order valence-corrected chi connectivity index (χ1v) is 19.8. The van der Waals surface area contributed by atoms with Crippen molar-refractivity contribution in [2.45, 2.75) is 78.1 Å². The molecule has 2 aliphatic heterocycles. The summed E-state index contributed by atoms with van der Waals surface area (Å²) < 4.78 is 13.7. The normalized spacial score (nSPS) is 18.6. The van der Waals surface area contributed by atoms with Gasteiger partial charge in [0.1, 0.15) is 0 Å². The number of nitrogens with zero attached hydrogens (tertiary/aromatic N) is 3. The van der Waals surface area contributed by atoms with Gasteiger partial charge in [0.15, 0.2) is 12.3 Å². The number of hydrogen-bond donors (Lipinski definition) is 0. The Morgan fingerprint density at radius 2 is 1.31 bits per heavy atom. The molecule has 0 radical (unpaired) electrons. The van der Waals surface area contributed by atoms with Crippen molar-refractivity contribution in [1.29, 1.82) is 0 Å². The van der Waals surface area contributed by atoms with Crippen molar-refractivity contribution in [2.75, 3.05) is 50.3 Å². The Morgan fingerprint density at radius 1 is 0.704 bits per heavy atom. The number of benzene rings is 4. The fourth-order valence-corrected chi connectivity index (χ4v) is 8.89. The minimum absolute atomic E-state index is 0.164. The van der Waals surface area contributed by atoms with Gasteiger partial charge in [-0.05, 0) is 106 Å². The largest absolute Gasteiger partial charge is 0.385 e. The summed E-state index contributed by atoms with van der Waals surface area (Å²) in [5, 5.41) is 0. The van der Waals surface area contributed by atoms with Crippen LogP contribution in [0.4, 0.5) is 22.7 Å². The summed E-state index contributed by atoms with van der Waals surface area (Å²) in [6, 6.07) is 35.8. The topological polar surface area (TPSA) is 27.9 Å². The first-order valence-electron chi connectivity index (χ1n) is 19.8. The fraction of sp³-hybridized carbons (Fsp3) is 0.367. The quantitative estimate of drug-likeness (QED) is 0.102. The van der Waals surface area contributed by atoms with Gasteiger partial charge in [0.05, 0.1) is 17.7 Å². The second kappa shape index (κ2) is 15.6. The van der Waals surface area contributed by atoms with Gasteiger partial charge in [0, 0.05) is 79.7 Å². The molecule has 54 heavy (non-hydrogen) atoms. The maximum Gasteiger partial charge on any atom is 0.209 e. The van der Waals surface area contributed by atoms with Crippen molar-refractivity contribution in [3.63, 3.8) is 0 Å². The second-order valence-corrected chi connectivity index (χ2v) is 16.3. The van der Waals surface area contributed by atoms with E-state index < -0.39 is 0 Å². The first kappa shape index (κ1) is 37.6. The van der Waals surface area contributed by atoms with E-state index in [-0.39, 0.29) is 10.8 Å². The number of anilines is 3. The second-order valence-electron chi connectivity index (χ2n) is 16.3. The van der Waals surface area contributed by atoms with E-state index in [9.17, 15) is 0 Å². The minimum atomic E-state index is -0.164. The highest BCUT2D eigenvalue weighted by molar-refractivity contribution is 6.04. The lowest BCUT2D eigenvalue weighted by Crippen LogP contribution is -2.29. The molecule has 1 aliphatic carbocycles. The Hall–Kier alpha value is -4.71. The van der Waals surface area contributed by atoms with Crippen LogP contribution in [0.15, 0.2) is 132 Å². The molecule has 4 aromatic rings. The Kier molecular flexibility index (Phi) is 10.8. The van der Waals surface area contributed by atoms with E-state index in [4.69, 9.17) is 9.47 Å². The van der Waals surface area contributed by atoms with Gasteiger partial charge in [-0.2, -0.15) is 4.58 Å². The molecule has 0 amide bonds. The monoisotopic (exact) mass is 720 g/mol. The Balaban J connectivity index is 1.47. The number of hydrogen-bond acceptors (Lipinski definition) is 4. The molecule has 0 bridgehead atoms. The van der Waals surface area contributed by atoms with Crippen LogP contribution in [0.1, 0.15) is 75.6 Å². The highest BCUT2D eigenvalue weighted by Crippen LogP contribution is 2.51. The van der Waals surface area contributed by atoms with Crippen molar-refractivity contribution in [1.82, 2.24) is 0 Å². The number of allylic oxidation sites excluding steroid dienone is 5. The van der Waals surface area contributed by atoms with Crippen LogP contribution in [0, 0.1) is 13.8 Å². The SMILES string of the molecule is COCCCN1/C(=C\C2=C(N(c3ccccc3)c3ccccc3)C(=C/C3=[N+](CCCOC)c4ccc(C)cc4C3(C)C)/CC2)C(C)(C)c2cc(C)ccc21. The summed E-state index contributed by atoms with van der Waals surface area (Å²) in [4.78, 5) is 5.08. The minimum Gasteiger partial charge on any atom is -0.385 e. The van der Waals surface area contributed by atoms with Gasteiger partial charge >= 0.3 is 0 Å². The molecule has 0 N–H and O–H groups in total. The predicted octanol–water partition coefficient (Wildman–Crippen LogP) is 11.2. The smallest absolute Gasteiger partial charge is 0.209 e. The molecule has 4 aromatic carbocycles. The highest BCUT2D eigenvalue weighted by atomic mass is 16.5. The van der Waals surface area contributed by atoms with Crippen LogP contribution < -0.4 is 9.80 Å². The third kappa shape index (κ3) is 7.00. The summed E-state index contributed by atoms with van der Waals surface area (Å²) in [6.45, 7) is 17.3. The molecule has 0 saturated heterocycles. The first-order chi connectivity index (χ1) is 26.1. The molecule has 0 atom stereocenters. The van der Waals surface area contributed by atoms with Gasteiger partial charge < -0.3 is 19.3 Å². The van der Waals surface area contributed by atoms with Crippen LogP contribution in [-0.4, -0.2) is 50.8 Å². The fourth-order valence-electron chi connectivity index (χ4n) is 8.89. The molecule has 5 heteroatoms. The van der Waals surface area contributed by atoms with Gasteiger partial charge in [0.25, 0.3) is 0 Å². The maximum absolute atomic E-state index is 5.56. The lowest BCUT2D eigenvalue weighted by molar-refractivity contribution is -0.438. The number of ether oxygens (including phenoxy) is 2. The predicted molar refractivity (Wildman–Crippen MR) is 226 cm³/mol. The van der Waals surface area contributed by atoms with E-state index in [0.717, 1.165) is 63.4 Å². The average molecular weight is 721 g/mol. The van der Waals surface area contributed by atoms with Gasteiger partial charge in [-0.15, -0.1) is 0 Å². The van der Waals surface area contributed by atoms with Gasteiger partial charge in [-0.25, -0.2) is 0 Å². The van der Waals surface area contributed by atoms with Crippen molar-refractivity contribution < 1.29 is 14.0 Å². The van der Waals surface area contributed by atoms with E-state index in [1.807, 2.05) is 0 Å². The number of fused-ring (bicyclic) bond motifs is 2. The van der Waals surface area contributed by atoms with E-state index in [2.05, 4.69) is 165 Å². The molecule has 7 rings (SSSR count). The molecule has 3 aliphatic rings.